The molecule has 0 spiro atoms. The maximum Gasteiger partial charge on any atom is 0.280 e. The second kappa shape index (κ2) is 8.53. The van der Waals surface area contributed by atoms with Gasteiger partial charge in [0.25, 0.3) is 11.6 Å². The highest BCUT2D eigenvalue weighted by atomic mass is 16.6. The normalized spacial score (nSPS) is 19.6. The van der Waals surface area contributed by atoms with E-state index in [4.69, 9.17) is 4.42 Å². The van der Waals surface area contributed by atoms with E-state index in [1.165, 1.54) is 12.1 Å². The molecule has 3 rings (SSSR count). The Balaban J connectivity index is 1.80. The lowest BCUT2D eigenvalue weighted by Crippen LogP contribution is -2.41. The molecule has 7 nitrogen and oxygen atoms in total. The molecule has 1 heterocycles. The van der Waals surface area contributed by atoms with E-state index in [-0.39, 0.29) is 23.1 Å². The number of para-hydroxylation sites is 1. The van der Waals surface area contributed by atoms with Crippen molar-refractivity contribution in [2.75, 3.05) is 0 Å². The van der Waals surface area contributed by atoms with Gasteiger partial charge in [-0.25, -0.2) is 0 Å². The summed E-state index contributed by atoms with van der Waals surface area (Å²) in [6.07, 6.45) is 5.57. The van der Waals surface area contributed by atoms with Crippen molar-refractivity contribution >= 4 is 17.7 Å². The van der Waals surface area contributed by atoms with Crippen molar-refractivity contribution in [1.82, 2.24) is 5.32 Å². The fourth-order valence-corrected chi connectivity index (χ4v) is 3.48. The highest BCUT2D eigenvalue weighted by molar-refractivity contribution is 6.01. The number of carbonyl (C=O) groups excluding carboxylic acids is 1. The zero-order chi connectivity index (χ0) is 20.1. The largest absolute Gasteiger partial charge is 0.456 e. The van der Waals surface area contributed by atoms with Crippen LogP contribution in [0.15, 0.2) is 46.4 Å². The number of rotatable bonds is 5. The summed E-state index contributed by atoms with van der Waals surface area (Å²) in [6.45, 7) is 2.10. The van der Waals surface area contributed by atoms with Gasteiger partial charge in [-0.05, 0) is 37.0 Å². The average molecular weight is 379 g/mol. The maximum atomic E-state index is 12.5. The van der Waals surface area contributed by atoms with Crippen LogP contribution in [0, 0.1) is 27.4 Å². The van der Waals surface area contributed by atoms with E-state index >= 15 is 0 Å². The number of nitrogens with zero attached hydrogens (tertiary/aromatic N) is 2. The number of hydrogen-bond donors (Lipinski definition) is 1. The number of carbonyl (C=O) groups is 1. The molecule has 1 aliphatic rings. The molecule has 1 aliphatic carbocycles. The van der Waals surface area contributed by atoms with Crippen molar-refractivity contribution in [2.45, 2.75) is 38.6 Å². The molecule has 2 unspecified atom stereocenters. The van der Waals surface area contributed by atoms with E-state index in [0.29, 0.717) is 17.2 Å². The first-order valence-corrected chi connectivity index (χ1v) is 9.26. The number of amides is 1. The molecule has 0 bridgehead atoms. The number of nitriles is 1. The first-order valence-electron chi connectivity index (χ1n) is 9.26. The molecule has 1 saturated carbocycles. The molecule has 1 fully saturated rings. The van der Waals surface area contributed by atoms with E-state index in [2.05, 4.69) is 12.2 Å². The Hall–Kier alpha value is -3.40. The highest BCUT2D eigenvalue weighted by Gasteiger charge is 2.24. The first-order chi connectivity index (χ1) is 13.5. The highest BCUT2D eigenvalue weighted by Crippen LogP contribution is 2.31. The second-order valence-electron chi connectivity index (χ2n) is 6.99. The van der Waals surface area contributed by atoms with Crippen LogP contribution in [0.25, 0.3) is 17.4 Å². The Morgan fingerprint density at radius 3 is 2.75 bits per heavy atom. The first kappa shape index (κ1) is 19.4. The van der Waals surface area contributed by atoms with E-state index < -0.39 is 10.8 Å². The third kappa shape index (κ3) is 4.29. The summed E-state index contributed by atoms with van der Waals surface area (Å²) in [5, 5.41) is 23.5. The topological polar surface area (TPSA) is 109 Å². The molecule has 7 heteroatoms. The van der Waals surface area contributed by atoms with Crippen LogP contribution in [-0.2, 0) is 4.79 Å². The van der Waals surface area contributed by atoms with Crippen LogP contribution in [0.1, 0.15) is 38.4 Å². The Labute approximate surface area is 162 Å². The summed E-state index contributed by atoms with van der Waals surface area (Å²) in [6, 6.07) is 11.4. The Morgan fingerprint density at radius 1 is 1.29 bits per heavy atom. The van der Waals surface area contributed by atoms with Crippen molar-refractivity contribution in [3.05, 3.63) is 57.8 Å². The van der Waals surface area contributed by atoms with Gasteiger partial charge in [0.2, 0.25) is 0 Å². The molecule has 144 valence electrons. The van der Waals surface area contributed by atoms with Gasteiger partial charge >= 0.3 is 0 Å². The number of nitrogens with one attached hydrogen (secondary N) is 1. The molecule has 1 N–H and O–H groups in total. The molecule has 2 atom stereocenters. The van der Waals surface area contributed by atoms with E-state index in [0.717, 1.165) is 25.7 Å². The van der Waals surface area contributed by atoms with Crippen LogP contribution in [0.3, 0.4) is 0 Å². The van der Waals surface area contributed by atoms with Gasteiger partial charge in [0, 0.05) is 18.2 Å². The molecule has 0 radical (unpaired) electrons. The zero-order valence-electron chi connectivity index (χ0n) is 15.6. The van der Waals surface area contributed by atoms with Crippen LogP contribution in [0.4, 0.5) is 5.69 Å². The smallest absolute Gasteiger partial charge is 0.280 e. The van der Waals surface area contributed by atoms with E-state index in [1.54, 1.807) is 30.3 Å². The molecule has 2 aromatic rings. The number of furan rings is 1. The number of benzene rings is 1. The Kier molecular flexibility index (Phi) is 5.90. The zero-order valence-corrected chi connectivity index (χ0v) is 15.6. The van der Waals surface area contributed by atoms with Crippen molar-refractivity contribution in [3.8, 4) is 17.4 Å². The van der Waals surface area contributed by atoms with Gasteiger partial charge < -0.3 is 9.73 Å². The van der Waals surface area contributed by atoms with Gasteiger partial charge in [-0.2, -0.15) is 5.26 Å². The number of nitro groups is 1. The van der Waals surface area contributed by atoms with Crippen LogP contribution >= 0.6 is 0 Å². The predicted molar refractivity (Wildman–Crippen MR) is 104 cm³/mol. The van der Waals surface area contributed by atoms with Gasteiger partial charge in [0.15, 0.2) is 0 Å². The predicted octanol–water partition coefficient (Wildman–Crippen LogP) is 4.46. The van der Waals surface area contributed by atoms with Crippen LogP contribution < -0.4 is 5.32 Å². The molecule has 1 amide bonds. The second-order valence-corrected chi connectivity index (χ2v) is 6.99. The minimum atomic E-state index is -0.479. The minimum absolute atomic E-state index is 0.0544. The monoisotopic (exact) mass is 379 g/mol. The lowest BCUT2D eigenvalue weighted by Gasteiger charge is -2.29. The lowest BCUT2D eigenvalue weighted by molar-refractivity contribution is -0.384. The van der Waals surface area contributed by atoms with E-state index in [1.807, 2.05) is 6.07 Å². The van der Waals surface area contributed by atoms with Crippen molar-refractivity contribution in [3.63, 3.8) is 0 Å². The number of nitro benzene ring substituents is 1. The quantitative estimate of drug-likeness (QED) is 0.357. The lowest BCUT2D eigenvalue weighted by atomic mass is 9.86. The van der Waals surface area contributed by atoms with Crippen LogP contribution in [-0.4, -0.2) is 16.9 Å². The van der Waals surface area contributed by atoms with Gasteiger partial charge in [-0.1, -0.05) is 31.9 Å². The Morgan fingerprint density at radius 2 is 2.04 bits per heavy atom. The Bertz CT molecular complexity index is 955. The number of hydrogen-bond acceptors (Lipinski definition) is 5. The molecular formula is C21H21N3O4. The molecular weight excluding hydrogens is 358 g/mol. The standard InChI is InChI=1S/C21H21N3O4/c1-14-6-2-4-8-18(14)23-21(25)15(13-22)12-16-10-11-20(28-16)17-7-3-5-9-19(17)24(26)27/h3,5,7,9-12,14,18H,2,4,6,8H2,1H3,(H,23,25)/b15-12+. The van der Waals surface area contributed by atoms with Crippen molar-refractivity contribution in [1.29, 1.82) is 5.26 Å². The average Bonchev–Trinajstić information content (AvgIpc) is 3.16. The minimum Gasteiger partial charge on any atom is -0.456 e. The van der Waals surface area contributed by atoms with Gasteiger partial charge in [-0.3, -0.25) is 14.9 Å². The van der Waals surface area contributed by atoms with Crippen molar-refractivity contribution in [2.24, 2.45) is 5.92 Å². The van der Waals surface area contributed by atoms with Crippen LogP contribution in [0.5, 0.6) is 0 Å². The molecule has 0 aliphatic heterocycles. The van der Waals surface area contributed by atoms with E-state index in [9.17, 15) is 20.2 Å². The molecule has 1 aromatic carbocycles. The summed E-state index contributed by atoms with van der Waals surface area (Å²) in [7, 11) is 0. The van der Waals surface area contributed by atoms with Gasteiger partial charge in [-0.15, -0.1) is 0 Å². The van der Waals surface area contributed by atoms with Crippen LogP contribution in [0.2, 0.25) is 0 Å². The molecule has 0 saturated heterocycles. The summed E-state index contributed by atoms with van der Waals surface area (Å²) in [5.41, 5.74) is 0.212. The van der Waals surface area contributed by atoms with Gasteiger partial charge in [0.05, 0.1) is 10.5 Å². The summed E-state index contributed by atoms with van der Waals surface area (Å²) < 4.78 is 5.64. The molecule has 1 aromatic heterocycles. The third-order valence-electron chi connectivity index (χ3n) is 5.07. The fourth-order valence-electron chi connectivity index (χ4n) is 3.48. The SMILES string of the molecule is CC1CCCCC1NC(=O)/C(C#N)=C/c1ccc(-c2ccccc2[N+](=O)[O-])o1. The fraction of sp³-hybridized carbons (Fsp3) is 0.333. The van der Waals surface area contributed by atoms with Crippen molar-refractivity contribution < 1.29 is 14.1 Å². The molecule has 28 heavy (non-hydrogen) atoms. The third-order valence-corrected chi connectivity index (χ3v) is 5.07. The summed E-state index contributed by atoms with van der Waals surface area (Å²) in [4.78, 5) is 23.2. The summed E-state index contributed by atoms with van der Waals surface area (Å²) >= 11 is 0. The van der Waals surface area contributed by atoms with Gasteiger partial charge in [0.1, 0.15) is 23.2 Å². The maximum absolute atomic E-state index is 12.5. The summed E-state index contributed by atoms with van der Waals surface area (Å²) in [5.74, 6) is 0.546.